The summed E-state index contributed by atoms with van der Waals surface area (Å²) in [4.78, 5) is 10.2. The smallest absolute Gasteiger partial charge is 0.312 e. The topological polar surface area (TPSA) is 61.6 Å². The zero-order chi connectivity index (χ0) is 13.5. The lowest BCUT2D eigenvalue weighted by Gasteiger charge is -2.08. The quantitative estimate of drug-likeness (QED) is 0.334. The van der Waals surface area contributed by atoms with Crippen LogP contribution in [0, 0.1) is 10.1 Å². The molecule has 0 bridgehead atoms. The summed E-state index contributed by atoms with van der Waals surface area (Å²) < 4.78 is 10.3. The standard InChI is InChI=1S/C10H10Cl3NO4/c11-1-2-17-3-4-18-10-6-8(13)7(12)5-9(10)14(15)16/h5-6H,1-4H2. The number of benzene rings is 1. The van der Waals surface area contributed by atoms with Crippen molar-refractivity contribution in [2.45, 2.75) is 0 Å². The molecule has 0 aliphatic carbocycles. The van der Waals surface area contributed by atoms with Crippen molar-refractivity contribution in [3.05, 3.63) is 32.3 Å². The van der Waals surface area contributed by atoms with E-state index < -0.39 is 4.92 Å². The molecule has 0 saturated carbocycles. The van der Waals surface area contributed by atoms with Crippen LogP contribution >= 0.6 is 34.8 Å². The Labute approximate surface area is 119 Å². The first-order chi connectivity index (χ1) is 8.56. The van der Waals surface area contributed by atoms with Crippen LogP contribution in [0.2, 0.25) is 10.0 Å². The number of hydrogen-bond acceptors (Lipinski definition) is 4. The highest BCUT2D eigenvalue weighted by Gasteiger charge is 2.18. The Morgan fingerprint density at radius 1 is 1.17 bits per heavy atom. The summed E-state index contributed by atoms with van der Waals surface area (Å²) in [5.41, 5.74) is -0.234. The maximum atomic E-state index is 10.8. The van der Waals surface area contributed by atoms with Gasteiger partial charge in [-0.1, -0.05) is 23.2 Å². The van der Waals surface area contributed by atoms with Crippen LogP contribution in [0.3, 0.4) is 0 Å². The van der Waals surface area contributed by atoms with Gasteiger partial charge in [-0.25, -0.2) is 0 Å². The molecule has 0 unspecified atom stereocenters. The van der Waals surface area contributed by atoms with E-state index in [2.05, 4.69) is 0 Å². The van der Waals surface area contributed by atoms with Gasteiger partial charge in [0, 0.05) is 18.0 Å². The van der Waals surface area contributed by atoms with E-state index in [1.165, 1.54) is 6.07 Å². The van der Waals surface area contributed by atoms with Gasteiger partial charge in [-0.2, -0.15) is 0 Å². The normalized spacial score (nSPS) is 10.4. The number of hydrogen-bond donors (Lipinski definition) is 0. The summed E-state index contributed by atoms with van der Waals surface area (Å²) in [6, 6.07) is 2.46. The Morgan fingerprint density at radius 3 is 2.44 bits per heavy atom. The molecule has 18 heavy (non-hydrogen) atoms. The van der Waals surface area contributed by atoms with Gasteiger partial charge in [0.05, 0.1) is 28.2 Å². The predicted molar refractivity (Wildman–Crippen MR) is 70.2 cm³/mol. The first-order valence-electron chi connectivity index (χ1n) is 4.96. The average molecular weight is 315 g/mol. The van der Waals surface area contributed by atoms with Gasteiger partial charge in [-0.15, -0.1) is 11.6 Å². The van der Waals surface area contributed by atoms with Gasteiger partial charge in [-0.3, -0.25) is 10.1 Å². The number of rotatable bonds is 7. The second-order valence-corrected chi connectivity index (χ2v) is 4.33. The molecule has 100 valence electrons. The Kier molecular flexibility index (Phi) is 6.49. The summed E-state index contributed by atoms with van der Waals surface area (Å²) in [5, 5.41) is 11.1. The minimum atomic E-state index is -0.586. The Bertz CT molecular complexity index is 428. The lowest BCUT2D eigenvalue weighted by atomic mass is 10.3. The van der Waals surface area contributed by atoms with E-state index in [0.717, 1.165) is 6.07 Å². The van der Waals surface area contributed by atoms with Crippen LogP contribution in [0.25, 0.3) is 0 Å². The second kappa shape index (κ2) is 7.63. The third-order valence-electron chi connectivity index (χ3n) is 1.91. The maximum Gasteiger partial charge on any atom is 0.312 e. The van der Waals surface area contributed by atoms with Crippen molar-refractivity contribution in [1.29, 1.82) is 0 Å². The van der Waals surface area contributed by atoms with E-state index in [-0.39, 0.29) is 34.7 Å². The number of ether oxygens (including phenoxy) is 2. The summed E-state index contributed by atoms with van der Waals surface area (Å²) in [6.45, 7) is 0.841. The van der Waals surface area contributed by atoms with Crippen LogP contribution in [-0.4, -0.2) is 30.6 Å². The highest BCUT2D eigenvalue weighted by Crippen LogP contribution is 2.35. The number of nitro groups is 1. The predicted octanol–water partition coefficient (Wildman–Crippen LogP) is 3.54. The van der Waals surface area contributed by atoms with Crippen LogP contribution in [-0.2, 0) is 4.74 Å². The third kappa shape index (κ3) is 4.49. The highest BCUT2D eigenvalue weighted by atomic mass is 35.5. The lowest BCUT2D eigenvalue weighted by Crippen LogP contribution is -2.09. The molecule has 1 rings (SSSR count). The molecule has 0 aromatic heterocycles. The first kappa shape index (κ1) is 15.3. The zero-order valence-corrected chi connectivity index (χ0v) is 11.5. The number of nitrogens with zero attached hydrogens (tertiary/aromatic N) is 1. The largest absolute Gasteiger partial charge is 0.484 e. The minimum Gasteiger partial charge on any atom is -0.484 e. The van der Waals surface area contributed by atoms with Crippen LogP contribution in [0.1, 0.15) is 0 Å². The molecule has 0 fully saturated rings. The Balaban J connectivity index is 2.68. The molecule has 0 N–H and O–H groups in total. The number of nitro benzene ring substituents is 1. The van der Waals surface area contributed by atoms with Gasteiger partial charge >= 0.3 is 5.69 Å². The van der Waals surface area contributed by atoms with Gasteiger partial charge in [0.1, 0.15) is 6.61 Å². The fourth-order valence-corrected chi connectivity index (χ4v) is 1.56. The molecule has 0 aliphatic heterocycles. The van der Waals surface area contributed by atoms with E-state index in [1.807, 2.05) is 0 Å². The van der Waals surface area contributed by atoms with Gasteiger partial charge in [0.25, 0.3) is 0 Å². The molecule has 8 heteroatoms. The number of halogens is 3. The minimum absolute atomic E-state index is 0.0591. The molecule has 0 radical (unpaired) electrons. The molecule has 0 heterocycles. The van der Waals surface area contributed by atoms with Crippen molar-refractivity contribution in [3.8, 4) is 5.75 Å². The molecule has 0 spiro atoms. The molecule has 0 saturated heterocycles. The highest BCUT2D eigenvalue weighted by molar-refractivity contribution is 6.42. The van der Waals surface area contributed by atoms with Crippen molar-refractivity contribution < 1.29 is 14.4 Å². The van der Waals surface area contributed by atoms with E-state index in [4.69, 9.17) is 44.3 Å². The fraction of sp³-hybridized carbons (Fsp3) is 0.400. The van der Waals surface area contributed by atoms with E-state index in [1.54, 1.807) is 0 Å². The van der Waals surface area contributed by atoms with Crippen molar-refractivity contribution in [2.24, 2.45) is 0 Å². The van der Waals surface area contributed by atoms with E-state index in [0.29, 0.717) is 12.5 Å². The first-order valence-corrected chi connectivity index (χ1v) is 6.25. The second-order valence-electron chi connectivity index (χ2n) is 3.14. The van der Waals surface area contributed by atoms with Crippen LogP contribution in [0.4, 0.5) is 5.69 Å². The monoisotopic (exact) mass is 313 g/mol. The van der Waals surface area contributed by atoms with E-state index >= 15 is 0 Å². The molecule has 0 aliphatic rings. The molecule has 0 amide bonds. The van der Waals surface area contributed by atoms with Gasteiger partial charge < -0.3 is 9.47 Å². The van der Waals surface area contributed by atoms with Gasteiger partial charge in [0.2, 0.25) is 0 Å². The van der Waals surface area contributed by atoms with Crippen LogP contribution < -0.4 is 4.74 Å². The summed E-state index contributed by atoms with van der Waals surface area (Å²) in [5.74, 6) is 0.441. The van der Waals surface area contributed by atoms with Crippen molar-refractivity contribution in [1.82, 2.24) is 0 Å². The summed E-state index contributed by atoms with van der Waals surface area (Å²) in [7, 11) is 0. The fourth-order valence-electron chi connectivity index (χ4n) is 1.14. The van der Waals surface area contributed by atoms with E-state index in [9.17, 15) is 10.1 Å². The Morgan fingerprint density at radius 2 is 1.83 bits per heavy atom. The Hall–Kier alpha value is -0.750. The summed E-state index contributed by atoms with van der Waals surface area (Å²) >= 11 is 16.9. The van der Waals surface area contributed by atoms with Crippen molar-refractivity contribution in [2.75, 3.05) is 25.7 Å². The number of alkyl halides is 1. The molecular weight excluding hydrogens is 304 g/mol. The van der Waals surface area contributed by atoms with Crippen molar-refractivity contribution in [3.63, 3.8) is 0 Å². The lowest BCUT2D eigenvalue weighted by molar-refractivity contribution is -0.385. The van der Waals surface area contributed by atoms with Gasteiger partial charge in [-0.05, 0) is 0 Å². The molecule has 5 nitrogen and oxygen atoms in total. The van der Waals surface area contributed by atoms with Crippen molar-refractivity contribution >= 4 is 40.5 Å². The molecule has 0 atom stereocenters. The zero-order valence-electron chi connectivity index (χ0n) is 9.20. The maximum absolute atomic E-state index is 10.8. The molecule has 1 aromatic rings. The van der Waals surface area contributed by atoms with Crippen LogP contribution in [0.5, 0.6) is 5.75 Å². The molecule has 1 aromatic carbocycles. The molecular formula is C10H10Cl3NO4. The summed E-state index contributed by atoms with van der Waals surface area (Å²) in [6.07, 6.45) is 0. The average Bonchev–Trinajstić information content (AvgIpc) is 2.32. The third-order valence-corrected chi connectivity index (χ3v) is 2.78. The van der Waals surface area contributed by atoms with Gasteiger partial charge in [0.15, 0.2) is 5.75 Å². The van der Waals surface area contributed by atoms with Crippen LogP contribution in [0.15, 0.2) is 12.1 Å². The SMILES string of the molecule is O=[N+]([O-])c1cc(Cl)c(Cl)cc1OCCOCCCl.